The van der Waals surface area contributed by atoms with Crippen molar-refractivity contribution >= 4 is 11.7 Å². The van der Waals surface area contributed by atoms with Gasteiger partial charge in [-0.25, -0.2) is 0 Å². The monoisotopic (exact) mass is 261 g/mol. The summed E-state index contributed by atoms with van der Waals surface area (Å²) in [4.78, 5) is 11.9. The Hall–Kier alpha value is -1.51. The van der Waals surface area contributed by atoms with Crippen LogP contribution in [0.25, 0.3) is 0 Å². The first-order valence-electron chi connectivity index (χ1n) is 7.21. The van der Waals surface area contributed by atoms with Gasteiger partial charge in [0.1, 0.15) is 6.10 Å². The van der Waals surface area contributed by atoms with Gasteiger partial charge >= 0.3 is 5.97 Å². The van der Waals surface area contributed by atoms with Gasteiger partial charge in [-0.3, -0.25) is 4.79 Å². The highest BCUT2D eigenvalue weighted by atomic mass is 16.5. The second kappa shape index (κ2) is 6.60. The maximum atomic E-state index is 11.9. The van der Waals surface area contributed by atoms with Crippen molar-refractivity contribution in [3.63, 3.8) is 0 Å². The van der Waals surface area contributed by atoms with E-state index in [-0.39, 0.29) is 12.1 Å². The van der Waals surface area contributed by atoms with Crippen LogP contribution in [0.4, 0.5) is 5.69 Å². The number of carbonyl (C=O) groups is 1. The van der Waals surface area contributed by atoms with Gasteiger partial charge in [-0.05, 0) is 49.3 Å². The van der Waals surface area contributed by atoms with Crippen LogP contribution in [0.1, 0.15) is 44.6 Å². The SMILES string of the molecule is CCC1CCC(OC(=O)Cc2ccc(N)cc2)CC1. The average molecular weight is 261 g/mol. The largest absolute Gasteiger partial charge is 0.462 e. The molecular weight excluding hydrogens is 238 g/mol. The van der Waals surface area contributed by atoms with E-state index in [0.29, 0.717) is 6.42 Å². The predicted molar refractivity (Wildman–Crippen MR) is 76.7 cm³/mol. The molecule has 2 rings (SSSR count). The van der Waals surface area contributed by atoms with Crippen LogP contribution in [-0.4, -0.2) is 12.1 Å². The van der Waals surface area contributed by atoms with E-state index in [9.17, 15) is 4.79 Å². The van der Waals surface area contributed by atoms with Crippen LogP contribution in [-0.2, 0) is 16.0 Å². The molecule has 3 heteroatoms. The summed E-state index contributed by atoms with van der Waals surface area (Å²) >= 11 is 0. The quantitative estimate of drug-likeness (QED) is 0.668. The number of nitrogens with two attached hydrogens (primary N) is 1. The molecule has 0 spiro atoms. The van der Waals surface area contributed by atoms with Crippen molar-refractivity contribution in [3.05, 3.63) is 29.8 Å². The van der Waals surface area contributed by atoms with Crippen LogP contribution in [0.2, 0.25) is 0 Å². The van der Waals surface area contributed by atoms with E-state index in [4.69, 9.17) is 10.5 Å². The number of hydrogen-bond donors (Lipinski definition) is 1. The number of rotatable bonds is 4. The molecule has 1 fully saturated rings. The predicted octanol–water partition coefficient (Wildman–Crippen LogP) is 3.32. The molecule has 2 N–H and O–H groups in total. The van der Waals surface area contributed by atoms with Gasteiger partial charge in [-0.15, -0.1) is 0 Å². The lowest BCUT2D eigenvalue weighted by atomic mass is 9.86. The van der Waals surface area contributed by atoms with Gasteiger partial charge in [-0.2, -0.15) is 0 Å². The summed E-state index contributed by atoms with van der Waals surface area (Å²) in [6.07, 6.45) is 6.13. The molecule has 3 nitrogen and oxygen atoms in total. The second-order valence-corrected chi connectivity index (χ2v) is 5.46. The second-order valence-electron chi connectivity index (χ2n) is 5.46. The minimum Gasteiger partial charge on any atom is -0.462 e. The molecular formula is C16H23NO2. The number of ether oxygens (including phenoxy) is 1. The van der Waals surface area contributed by atoms with Crippen LogP contribution in [0, 0.1) is 5.92 Å². The number of carbonyl (C=O) groups excluding carboxylic acids is 1. The van der Waals surface area contributed by atoms with E-state index >= 15 is 0 Å². The molecule has 0 aromatic heterocycles. The standard InChI is InChI=1S/C16H23NO2/c1-2-12-5-9-15(10-6-12)19-16(18)11-13-3-7-14(17)8-4-13/h3-4,7-8,12,15H,2,5-6,9-11,17H2,1H3. The summed E-state index contributed by atoms with van der Waals surface area (Å²) in [6, 6.07) is 7.39. The molecule has 0 unspecified atom stereocenters. The number of benzene rings is 1. The Morgan fingerprint density at radius 1 is 1.21 bits per heavy atom. The smallest absolute Gasteiger partial charge is 0.310 e. The Balaban J connectivity index is 1.77. The van der Waals surface area contributed by atoms with E-state index in [1.165, 1.54) is 19.3 Å². The molecule has 1 aliphatic carbocycles. The van der Waals surface area contributed by atoms with Crippen molar-refractivity contribution in [1.29, 1.82) is 0 Å². The molecule has 0 amide bonds. The lowest BCUT2D eigenvalue weighted by Gasteiger charge is -2.27. The zero-order valence-corrected chi connectivity index (χ0v) is 11.6. The molecule has 0 atom stereocenters. The van der Waals surface area contributed by atoms with Crippen molar-refractivity contribution in [1.82, 2.24) is 0 Å². The lowest BCUT2D eigenvalue weighted by molar-refractivity contribution is -0.150. The fourth-order valence-corrected chi connectivity index (χ4v) is 2.69. The normalized spacial score (nSPS) is 23.0. The van der Waals surface area contributed by atoms with Crippen molar-refractivity contribution in [2.24, 2.45) is 5.92 Å². The van der Waals surface area contributed by atoms with Crippen LogP contribution in [0.15, 0.2) is 24.3 Å². The van der Waals surface area contributed by atoms with E-state index in [2.05, 4.69) is 6.92 Å². The summed E-state index contributed by atoms with van der Waals surface area (Å²) < 4.78 is 5.55. The highest BCUT2D eigenvalue weighted by molar-refractivity contribution is 5.72. The van der Waals surface area contributed by atoms with Gasteiger partial charge in [0, 0.05) is 5.69 Å². The van der Waals surface area contributed by atoms with Gasteiger partial charge in [-0.1, -0.05) is 25.5 Å². The molecule has 19 heavy (non-hydrogen) atoms. The third kappa shape index (κ3) is 4.27. The Morgan fingerprint density at radius 3 is 2.42 bits per heavy atom. The summed E-state index contributed by atoms with van der Waals surface area (Å²) in [5.41, 5.74) is 7.29. The molecule has 104 valence electrons. The lowest BCUT2D eigenvalue weighted by Crippen LogP contribution is -2.25. The Kier molecular flexibility index (Phi) is 4.83. The van der Waals surface area contributed by atoms with Crippen LogP contribution < -0.4 is 5.73 Å². The Morgan fingerprint density at radius 2 is 1.84 bits per heavy atom. The van der Waals surface area contributed by atoms with Gasteiger partial charge in [0.2, 0.25) is 0 Å². The fraction of sp³-hybridized carbons (Fsp3) is 0.562. The number of hydrogen-bond acceptors (Lipinski definition) is 3. The zero-order chi connectivity index (χ0) is 13.7. The minimum absolute atomic E-state index is 0.121. The van der Waals surface area contributed by atoms with Crippen molar-refractivity contribution in [2.75, 3.05) is 5.73 Å². The summed E-state index contributed by atoms with van der Waals surface area (Å²) in [7, 11) is 0. The van der Waals surface area contributed by atoms with Crippen molar-refractivity contribution < 1.29 is 9.53 Å². The van der Waals surface area contributed by atoms with E-state index < -0.39 is 0 Å². The first kappa shape index (κ1) is 13.9. The molecule has 0 radical (unpaired) electrons. The first-order valence-corrected chi connectivity index (χ1v) is 7.21. The first-order chi connectivity index (χ1) is 9.17. The maximum Gasteiger partial charge on any atom is 0.310 e. The molecule has 0 aliphatic heterocycles. The van der Waals surface area contributed by atoms with Crippen LogP contribution in [0.5, 0.6) is 0 Å². The Bertz CT molecular complexity index is 405. The topological polar surface area (TPSA) is 52.3 Å². The number of nitrogen functional groups attached to an aromatic ring is 1. The van der Waals surface area contributed by atoms with E-state index in [0.717, 1.165) is 30.0 Å². The van der Waals surface area contributed by atoms with Crippen molar-refractivity contribution in [3.8, 4) is 0 Å². The van der Waals surface area contributed by atoms with E-state index in [1.807, 2.05) is 24.3 Å². The Labute approximate surface area is 115 Å². The highest BCUT2D eigenvalue weighted by Gasteiger charge is 2.22. The van der Waals surface area contributed by atoms with Crippen LogP contribution in [0.3, 0.4) is 0 Å². The average Bonchev–Trinajstić information content (AvgIpc) is 2.42. The molecule has 1 aromatic rings. The van der Waals surface area contributed by atoms with Crippen molar-refractivity contribution in [2.45, 2.75) is 51.6 Å². The molecule has 0 bridgehead atoms. The highest BCUT2D eigenvalue weighted by Crippen LogP contribution is 2.28. The molecule has 1 aliphatic rings. The third-order valence-electron chi connectivity index (χ3n) is 4.00. The number of anilines is 1. The zero-order valence-electron chi connectivity index (χ0n) is 11.6. The molecule has 0 saturated heterocycles. The number of esters is 1. The van der Waals surface area contributed by atoms with Gasteiger partial charge in [0.25, 0.3) is 0 Å². The summed E-state index contributed by atoms with van der Waals surface area (Å²) in [5, 5.41) is 0. The minimum atomic E-state index is -0.121. The summed E-state index contributed by atoms with van der Waals surface area (Å²) in [5.74, 6) is 0.705. The van der Waals surface area contributed by atoms with Gasteiger partial charge in [0.15, 0.2) is 0 Å². The molecule has 1 aromatic carbocycles. The molecule has 1 saturated carbocycles. The third-order valence-corrected chi connectivity index (χ3v) is 4.00. The summed E-state index contributed by atoms with van der Waals surface area (Å²) in [6.45, 7) is 2.23. The van der Waals surface area contributed by atoms with Crippen LogP contribution >= 0.6 is 0 Å². The fourth-order valence-electron chi connectivity index (χ4n) is 2.69. The van der Waals surface area contributed by atoms with E-state index in [1.54, 1.807) is 0 Å². The molecule has 0 heterocycles. The maximum absolute atomic E-state index is 11.9. The van der Waals surface area contributed by atoms with Gasteiger partial charge in [0.05, 0.1) is 6.42 Å². The van der Waals surface area contributed by atoms with Gasteiger partial charge < -0.3 is 10.5 Å².